The van der Waals surface area contributed by atoms with E-state index in [0.29, 0.717) is 18.4 Å². The standard InChI is InChI=1S/C17H28ClNO2/c1-11(2)8-19-9-14(20)10-21-17-7-15(12(3)4)16(18)6-13(17)5/h6-7,11-12,14,19-20H,8-10H2,1-5H3. The van der Waals surface area contributed by atoms with Crippen molar-refractivity contribution in [1.82, 2.24) is 5.32 Å². The lowest BCUT2D eigenvalue weighted by Gasteiger charge is -2.17. The van der Waals surface area contributed by atoms with Gasteiger partial charge in [0.25, 0.3) is 0 Å². The average molecular weight is 314 g/mol. The summed E-state index contributed by atoms with van der Waals surface area (Å²) in [5, 5.41) is 13.9. The van der Waals surface area contributed by atoms with E-state index in [1.54, 1.807) is 0 Å². The Kier molecular flexibility index (Phi) is 7.50. The van der Waals surface area contributed by atoms with E-state index < -0.39 is 6.10 Å². The van der Waals surface area contributed by atoms with Gasteiger partial charge in [0.1, 0.15) is 18.5 Å². The summed E-state index contributed by atoms with van der Waals surface area (Å²) in [5.74, 6) is 1.72. The number of aliphatic hydroxyl groups excluding tert-OH is 1. The predicted octanol–water partition coefficient (Wildman–Crippen LogP) is 3.76. The molecule has 1 unspecified atom stereocenters. The van der Waals surface area contributed by atoms with Crippen molar-refractivity contribution in [2.45, 2.75) is 46.6 Å². The first-order valence-electron chi connectivity index (χ1n) is 7.62. The van der Waals surface area contributed by atoms with Crippen LogP contribution in [0.15, 0.2) is 12.1 Å². The molecule has 1 aromatic carbocycles. The van der Waals surface area contributed by atoms with Gasteiger partial charge in [0.05, 0.1) is 0 Å². The smallest absolute Gasteiger partial charge is 0.122 e. The Morgan fingerprint density at radius 3 is 2.43 bits per heavy atom. The van der Waals surface area contributed by atoms with Crippen LogP contribution in [0.3, 0.4) is 0 Å². The fraction of sp³-hybridized carbons (Fsp3) is 0.647. The number of aryl methyl sites for hydroxylation is 1. The van der Waals surface area contributed by atoms with Crippen LogP contribution < -0.4 is 10.1 Å². The quantitative estimate of drug-likeness (QED) is 0.768. The van der Waals surface area contributed by atoms with Gasteiger partial charge < -0.3 is 15.2 Å². The van der Waals surface area contributed by atoms with Gasteiger partial charge in [-0.3, -0.25) is 0 Å². The fourth-order valence-corrected chi connectivity index (χ4v) is 2.49. The van der Waals surface area contributed by atoms with E-state index in [1.165, 1.54) is 0 Å². The van der Waals surface area contributed by atoms with E-state index in [-0.39, 0.29) is 6.61 Å². The fourth-order valence-electron chi connectivity index (χ4n) is 2.05. The number of benzene rings is 1. The number of nitrogens with one attached hydrogen (secondary N) is 1. The Morgan fingerprint density at radius 2 is 1.86 bits per heavy atom. The second-order valence-electron chi connectivity index (χ2n) is 6.31. The van der Waals surface area contributed by atoms with Gasteiger partial charge in [0, 0.05) is 11.6 Å². The van der Waals surface area contributed by atoms with Gasteiger partial charge >= 0.3 is 0 Å². The van der Waals surface area contributed by atoms with Gasteiger partial charge in [-0.25, -0.2) is 0 Å². The predicted molar refractivity (Wildman–Crippen MR) is 89.5 cm³/mol. The van der Waals surface area contributed by atoms with Crippen molar-refractivity contribution in [3.05, 3.63) is 28.3 Å². The highest BCUT2D eigenvalue weighted by Crippen LogP contribution is 2.31. The summed E-state index contributed by atoms with van der Waals surface area (Å²) in [6, 6.07) is 3.91. The molecule has 0 spiro atoms. The Balaban J connectivity index is 2.56. The molecule has 0 heterocycles. The summed E-state index contributed by atoms with van der Waals surface area (Å²) in [5.41, 5.74) is 2.07. The summed E-state index contributed by atoms with van der Waals surface area (Å²) in [7, 11) is 0. The first-order valence-corrected chi connectivity index (χ1v) is 8.00. The van der Waals surface area contributed by atoms with E-state index in [9.17, 15) is 5.11 Å². The van der Waals surface area contributed by atoms with Crippen molar-refractivity contribution in [3.63, 3.8) is 0 Å². The monoisotopic (exact) mass is 313 g/mol. The summed E-state index contributed by atoms with van der Waals surface area (Å²) in [6.07, 6.45) is -0.513. The normalized spacial score (nSPS) is 13.0. The highest BCUT2D eigenvalue weighted by molar-refractivity contribution is 6.31. The zero-order valence-electron chi connectivity index (χ0n) is 13.7. The maximum atomic E-state index is 9.93. The highest BCUT2D eigenvalue weighted by Gasteiger charge is 2.12. The average Bonchev–Trinajstić information content (AvgIpc) is 2.36. The molecule has 0 saturated heterocycles. The zero-order valence-corrected chi connectivity index (χ0v) is 14.5. The molecular formula is C17H28ClNO2. The highest BCUT2D eigenvalue weighted by atomic mass is 35.5. The van der Waals surface area contributed by atoms with Gasteiger partial charge in [0.15, 0.2) is 0 Å². The number of halogens is 1. The molecule has 0 saturated carbocycles. The van der Waals surface area contributed by atoms with Gasteiger partial charge in [-0.05, 0) is 48.6 Å². The zero-order chi connectivity index (χ0) is 16.0. The van der Waals surface area contributed by atoms with Crippen molar-refractivity contribution in [2.24, 2.45) is 5.92 Å². The second kappa shape index (κ2) is 8.62. The second-order valence-corrected chi connectivity index (χ2v) is 6.72. The van der Waals surface area contributed by atoms with E-state index in [1.807, 2.05) is 19.1 Å². The van der Waals surface area contributed by atoms with E-state index in [4.69, 9.17) is 16.3 Å². The summed E-state index contributed by atoms with van der Waals surface area (Å²) in [6.45, 7) is 12.2. The molecule has 1 atom stereocenters. The minimum Gasteiger partial charge on any atom is -0.491 e. The van der Waals surface area contributed by atoms with Gasteiger partial charge in [0.2, 0.25) is 0 Å². The minimum absolute atomic E-state index is 0.283. The SMILES string of the molecule is Cc1cc(Cl)c(C(C)C)cc1OCC(O)CNCC(C)C. The minimum atomic E-state index is -0.513. The van der Waals surface area contributed by atoms with Crippen LogP contribution in [0.4, 0.5) is 0 Å². The Bertz CT molecular complexity index is 447. The molecule has 0 aliphatic rings. The molecule has 1 aromatic rings. The molecule has 0 radical (unpaired) electrons. The number of rotatable bonds is 8. The molecule has 0 fully saturated rings. The lowest BCUT2D eigenvalue weighted by Crippen LogP contribution is -2.33. The van der Waals surface area contributed by atoms with Crippen molar-refractivity contribution in [1.29, 1.82) is 0 Å². The maximum absolute atomic E-state index is 9.93. The topological polar surface area (TPSA) is 41.5 Å². The molecule has 0 aromatic heterocycles. The van der Waals surface area contributed by atoms with Gasteiger partial charge in [-0.2, -0.15) is 0 Å². The van der Waals surface area contributed by atoms with Gasteiger partial charge in [-0.15, -0.1) is 0 Å². The summed E-state index contributed by atoms with van der Waals surface area (Å²) in [4.78, 5) is 0. The third-order valence-corrected chi connectivity index (χ3v) is 3.61. The summed E-state index contributed by atoms with van der Waals surface area (Å²) < 4.78 is 5.75. The number of ether oxygens (including phenoxy) is 1. The lowest BCUT2D eigenvalue weighted by atomic mass is 10.0. The number of hydrogen-bond acceptors (Lipinski definition) is 3. The summed E-state index contributed by atoms with van der Waals surface area (Å²) >= 11 is 6.24. The first-order chi connectivity index (χ1) is 9.81. The van der Waals surface area contributed by atoms with Crippen molar-refractivity contribution < 1.29 is 9.84 Å². The molecule has 21 heavy (non-hydrogen) atoms. The molecule has 3 nitrogen and oxygen atoms in total. The van der Waals surface area contributed by atoms with Crippen molar-refractivity contribution in [3.8, 4) is 5.75 Å². The van der Waals surface area contributed by atoms with Crippen LogP contribution in [-0.4, -0.2) is 30.9 Å². The molecule has 120 valence electrons. The molecule has 1 rings (SSSR count). The molecule has 0 bridgehead atoms. The van der Waals surface area contributed by atoms with Crippen LogP contribution in [-0.2, 0) is 0 Å². The molecule has 0 amide bonds. The van der Waals surface area contributed by atoms with Crippen molar-refractivity contribution in [2.75, 3.05) is 19.7 Å². The van der Waals surface area contributed by atoms with E-state index in [2.05, 4.69) is 33.0 Å². The van der Waals surface area contributed by atoms with Crippen molar-refractivity contribution >= 4 is 11.6 Å². The first kappa shape index (κ1) is 18.3. The molecule has 2 N–H and O–H groups in total. The Labute approximate surface area is 133 Å². The number of aliphatic hydroxyl groups is 1. The maximum Gasteiger partial charge on any atom is 0.122 e. The molecular weight excluding hydrogens is 286 g/mol. The van der Waals surface area contributed by atoms with Crippen LogP contribution in [0.1, 0.15) is 44.7 Å². The van der Waals surface area contributed by atoms with Crippen LogP contribution in [0.5, 0.6) is 5.75 Å². The van der Waals surface area contributed by atoms with Crippen LogP contribution in [0.2, 0.25) is 5.02 Å². The van der Waals surface area contributed by atoms with Gasteiger partial charge in [-0.1, -0.05) is 39.3 Å². The van der Waals surface area contributed by atoms with E-state index in [0.717, 1.165) is 28.4 Å². The third-order valence-electron chi connectivity index (χ3n) is 3.28. The van der Waals surface area contributed by atoms with Crippen LogP contribution >= 0.6 is 11.6 Å². The molecule has 0 aliphatic heterocycles. The molecule has 4 heteroatoms. The number of hydrogen-bond donors (Lipinski definition) is 2. The molecule has 0 aliphatic carbocycles. The largest absolute Gasteiger partial charge is 0.491 e. The Hall–Kier alpha value is -0.770. The van der Waals surface area contributed by atoms with E-state index >= 15 is 0 Å². The Morgan fingerprint density at radius 1 is 1.19 bits per heavy atom. The third kappa shape index (κ3) is 6.25. The lowest BCUT2D eigenvalue weighted by molar-refractivity contribution is 0.105. The van der Waals surface area contributed by atoms with Crippen LogP contribution in [0, 0.1) is 12.8 Å². The van der Waals surface area contributed by atoms with Crippen LogP contribution in [0.25, 0.3) is 0 Å².